The molecule has 1 N–H and O–H groups in total. The fraction of sp³-hybridized carbons (Fsp3) is 0.500. The normalized spacial score (nSPS) is 25.6. The average molecular weight is 192 g/mol. The van der Waals surface area contributed by atoms with Gasteiger partial charge in [0.15, 0.2) is 0 Å². The summed E-state index contributed by atoms with van der Waals surface area (Å²) in [5.74, 6) is 0.825. The largest absolute Gasteiger partial charge is 0.497 e. The van der Waals surface area contributed by atoms with Gasteiger partial charge in [-0.1, -0.05) is 6.07 Å². The van der Waals surface area contributed by atoms with Crippen LogP contribution in [0.3, 0.4) is 0 Å². The van der Waals surface area contributed by atoms with Crippen LogP contribution in [0.4, 0.5) is 0 Å². The second kappa shape index (κ2) is 3.28. The SMILES string of the molecule is COc1ccc2c(c1)[C@](C)(O)CCC2. The van der Waals surface area contributed by atoms with Crippen LogP contribution >= 0.6 is 0 Å². The molecule has 0 heterocycles. The molecule has 2 rings (SSSR count). The van der Waals surface area contributed by atoms with Crippen LogP contribution in [0.2, 0.25) is 0 Å². The quantitative estimate of drug-likeness (QED) is 0.739. The molecule has 0 aliphatic heterocycles. The lowest BCUT2D eigenvalue weighted by molar-refractivity contribution is 0.0385. The van der Waals surface area contributed by atoms with E-state index in [9.17, 15) is 5.11 Å². The molecule has 0 aromatic heterocycles. The van der Waals surface area contributed by atoms with Crippen LogP contribution in [0.25, 0.3) is 0 Å². The minimum atomic E-state index is -0.678. The van der Waals surface area contributed by atoms with Gasteiger partial charge in [-0.15, -0.1) is 0 Å². The van der Waals surface area contributed by atoms with E-state index in [4.69, 9.17) is 4.74 Å². The first-order valence-electron chi connectivity index (χ1n) is 5.03. The Hall–Kier alpha value is -1.02. The van der Waals surface area contributed by atoms with E-state index in [0.29, 0.717) is 0 Å². The zero-order valence-electron chi connectivity index (χ0n) is 8.71. The van der Waals surface area contributed by atoms with Crippen molar-refractivity contribution in [2.75, 3.05) is 7.11 Å². The lowest BCUT2D eigenvalue weighted by Crippen LogP contribution is -2.26. The Morgan fingerprint density at radius 3 is 2.93 bits per heavy atom. The zero-order valence-corrected chi connectivity index (χ0v) is 8.71. The molecule has 1 aromatic rings. The third-order valence-corrected chi connectivity index (χ3v) is 3.01. The minimum absolute atomic E-state index is 0.678. The number of ether oxygens (including phenoxy) is 1. The molecule has 0 unspecified atom stereocenters. The predicted molar refractivity (Wildman–Crippen MR) is 55.5 cm³/mol. The Balaban J connectivity index is 2.49. The smallest absolute Gasteiger partial charge is 0.119 e. The van der Waals surface area contributed by atoms with E-state index in [1.807, 2.05) is 19.1 Å². The maximum Gasteiger partial charge on any atom is 0.119 e. The lowest BCUT2D eigenvalue weighted by Gasteiger charge is -2.31. The Morgan fingerprint density at radius 2 is 2.21 bits per heavy atom. The van der Waals surface area contributed by atoms with Gasteiger partial charge in [-0.2, -0.15) is 0 Å². The molecule has 1 aliphatic rings. The number of methoxy groups -OCH3 is 1. The molecule has 0 bridgehead atoms. The predicted octanol–water partition coefficient (Wildman–Crippen LogP) is 2.24. The first-order valence-corrected chi connectivity index (χ1v) is 5.03. The summed E-state index contributed by atoms with van der Waals surface area (Å²) >= 11 is 0. The van der Waals surface area contributed by atoms with Crippen molar-refractivity contribution in [3.8, 4) is 5.75 Å². The van der Waals surface area contributed by atoms with Crippen LogP contribution in [0, 0.1) is 0 Å². The molecule has 0 saturated carbocycles. The molecule has 1 aromatic carbocycles. The van der Waals surface area contributed by atoms with Crippen LogP contribution in [0.1, 0.15) is 30.9 Å². The van der Waals surface area contributed by atoms with E-state index in [1.54, 1.807) is 7.11 Å². The van der Waals surface area contributed by atoms with Gasteiger partial charge in [0.1, 0.15) is 5.75 Å². The molecule has 76 valence electrons. The fourth-order valence-corrected chi connectivity index (χ4v) is 2.16. The summed E-state index contributed by atoms with van der Waals surface area (Å²) in [7, 11) is 1.65. The van der Waals surface area contributed by atoms with Gasteiger partial charge in [-0.25, -0.2) is 0 Å². The first-order chi connectivity index (χ1) is 6.63. The van der Waals surface area contributed by atoms with Crippen molar-refractivity contribution in [2.45, 2.75) is 31.8 Å². The third-order valence-electron chi connectivity index (χ3n) is 3.01. The van der Waals surface area contributed by atoms with Crippen LogP contribution < -0.4 is 4.74 Å². The summed E-state index contributed by atoms with van der Waals surface area (Å²) in [6.45, 7) is 1.88. The molecular formula is C12H16O2. The van der Waals surface area contributed by atoms with Gasteiger partial charge in [0.2, 0.25) is 0 Å². The van der Waals surface area contributed by atoms with E-state index < -0.39 is 5.60 Å². The maximum atomic E-state index is 10.2. The molecule has 0 saturated heterocycles. The molecule has 0 amide bonds. The summed E-state index contributed by atoms with van der Waals surface area (Å²) in [6.07, 6.45) is 2.97. The number of fused-ring (bicyclic) bond motifs is 1. The Kier molecular flexibility index (Phi) is 2.23. The van der Waals surface area contributed by atoms with Crippen molar-refractivity contribution in [3.05, 3.63) is 29.3 Å². The highest BCUT2D eigenvalue weighted by Crippen LogP contribution is 2.36. The third kappa shape index (κ3) is 1.50. The molecule has 0 spiro atoms. The number of rotatable bonds is 1. The monoisotopic (exact) mass is 192 g/mol. The molecular weight excluding hydrogens is 176 g/mol. The second-order valence-electron chi connectivity index (χ2n) is 4.15. The number of hydrogen-bond donors (Lipinski definition) is 1. The van der Waals surface area contributed by atoms with Gasteiger partial charge in [-0.05, 0) is 49.4 Å². The van der Waals surface area contributed by atoms with Crippen LogP contribution in [0.5, 0.6) is 5.75 Å². The molecule has 0 fully saturated rings. The zero-order chi connectivity index (χ0) is 10.2. The topological polar surface area (TPSA) is 29.5 Å². The summed E-state index contributed by atoms with van der Waals surface area (Å²) in [5.41, 5.74) is 1.60. The standard InChI is InChI=1S/C12H16O2/c1-12(13)7-3-4-9-5-6-10(14-2)8-11(9)12/h5-6,8,13H,3-4,7H2,1-2H3/t12-/m1/s1. The van der Waals surface area contributed by atoms with Gasteiger partial charge >= 0.3 is 0 Å². The van der Waals surface area contributed by atoms with Crippen LogP contribution in [0.15, 0.2) is 18.2 Å². The highest BCUT2D eigenvalue weighted by Gasteiger charge is 2.29. The fourth-order valence-electron chi connectivity index (χ4n) is 2.16. The van der Waals surface area contributed by atoms with Gasteiger partial charge < -0.3 is 9.84 Å². The molecule has 1 atom stereocenters. The number of aliphatic hydroxyl groups is 1. The molecule has 2 nitrogen and oxygen atoms in total. The highest BCUT2D eigenvalue weighted by molar-refractivity contribution is 5.40. The Labute approximate surface area is 84.5 Å². The van der Waals surface area contributed by atoms with Crippen molar-refractivity contribution in [1.82, 2.24) is 0 Å². The van der Waals surface area contributed by atoms with Gasteiger partial charge in [0, 0.05) is 0 Å². The van der Waals surface area contributed by atoms with E-state index in [0.717, 1.165) is 30.6 Å². The summed E-state index contributed by atoms with van der Waals surface area (Å²) in [6, 6.07) is 5.97. The van der Waals surface area contributed by atoms with Crippen molar-refractivity contribution in [1.29, 1.82) is 0 Å². The number of aryl methyl sites for hydroxylation is 1. The molecule has 1 aliphatic carbocycles. The molecule has 14 heavy (non-hydrogen) atoms. The van der Waals surface area contributed by atoms with Crippen molar-refractivity contribution in [2.24, 2.45) is 0 Å². The highest BCUT2D eigenvalue weighted by atomic mass is 16.5. The minimum Gasteiger partial charge on any atom is -0.497 e. The van der Waals surface area contributed by atoms with Crippen molar-refractivity contribution >= 4 is 0 Å². The van der Waals surface area contributed by atoms with E-state index in [2.05, 4.69) is 6.07 Å². The molecule has 2 heteroatoms. The number of hydrogen-bond acceptors (Lipinski definition) is 2. The first kappa shape index (κ1) is 9.53. The van der Waals surface area contributed by atoms with E-state index in [1.165, 1.54) is 5.56 Å². The van der Waals surface area contributed by atoms with E-state index >= 15 is 0 Å². The van der Waals surface area contributed by atoms with Crippen LogP contribution in [-0.2, 0) is 12.0 Å². The van der Waals surface area contributed by atoms with E-state index in [-0.39, 0.29) is 0 Å². The molecule has 0 radical (unpaired) electrons. The van der Waals surface area contributed by atoms with Gasteiger partial charge in [-0.3, -0.25) is 0 Å². The van der Waals surface area contributed by atoms with Crippen molar-refractivity contribution in [3.63, 3.8) is 0 Å². The maximum absolute atomic E-state index is 10.2. The van der Waals surface area contributed by atoms with Gasteiger partial charge in [0.05, 0.1) is 12.7 Å². The average Bonchev–Trinajstić information content (AvgIpc) is 2.17. The summed E-state index contributed by atoms with van der Waals surface area (Å²) < 4.78 is 5.16. The summed E-state index contributed by atoms with van der Waals surface area (Å²) in [5, 5.41) is 10.2. The summed E-state index contributed by atoms with van der Waals surface area (Å²) in [4.78, 5) is 0. The Morgan fingerprint density at radius 1 is 1.43 bits per heavy atom. The number of benzene rings is 1. The van der Waals surface area contributed by atoms with Crippen molar-refractivity contribution < 1.29 is 9.84 Å². The lowest BCUT2D eigenvalue weighted by atomic mass is 9.80. The van der Waals surface area contributed by atoms with Crippen LogP contribution in [-0.4, -0.2) is 12.2 Å². The van der Waals surface area contributed by atoms with Gasteiger partial charge in [0.25, 0.3) is 0 Å². The second-order valence-corrected chi connectivity index (χ2v) is 4.15. The Bertz CT molecular complexity index is 342.